The van der Waals surface area contributed by atoms with E-state index in [1.807, 2.05) is 50.2 Å². The molecule has 32 heavy (non-hydrogen) atoms. The number of aryl methyl sites for hydroxylation is 1. The Morgan fingerprint density at radius 1 is 1.19 bits per heavy atom. The summed E-state index contributed by atoms with van der Waals surface area (Å²) in [5, 5.41) is 7.73. The molecule has 1 saturated carbocycles. The number of nitrogens with one attached hydrogen (secondary N) is 3. The van der Waals surface area contributed by atoms with Gasteiger partial charge in [-0.2, -0.15) is 4.98 Å². The molecule has 8 heteroatoms. The number of carbonyl (C=O) groups is 1. The molecule has 1 aliphatic rings. The molecule has 1 fully saturated rings. The number of fused-ring (bicyclic) bond motifs is 1. The van der Waals surface area contributed by atoms with Crippen LogP contribution in [-0.4, -0.2) is 54.1 Å². The molecule has 1 aliphatic carbocycles. The second-order valence-corrected chi connectivity index (χ2v) is 8.71. The normalized spacial score (nSPS) is 18.4. The van der Waals surface area contributed by atoms with Gasteiger partial charge in [-0.15, -0.1) is 0 Å². The second kappa shape index (κ2) is 9.46. The van der Waals surface area contributed by atoms with E-state index in [4.69, 9.17) is 4.74 Å². The summed E-state index contributed by atoms with van der Waals surface area (Å²) in [4.78, 5) is 27.0. The third-order valence-electron chi connectivity index (χ3n) is 6.19. The van der Waals surface area contributed by atoms with E-state index < -0.39 is 0 Å². The zero-order chi connectivity index (χ0) is 22.7. The van der Waals surface area contributed by atoms with Crippen molar-refractivity contribution in [3.8, 4) is 5.75 Å². The lowest BCUT2D eigenvalue weighted by Gasteiger charge is -2.29. The number of carbonyl (C=O) groups excluding carboxylic acids is 1. The van der Waals surface area contributed by atoms with Crippen LogP contribution in [0.1, 0.15) is 36.9 Å². The predicted octanol–water partition coefficient (Wildman–Crippen LogP) is 3.42. The molecule has 0 aliphatic heterocycles. The molecule has 4 rings (SSSR count). The van der Waals surface area contributed by atoms with Crippen molar-refractivity contribution in [2.45, 2.75) is 51.1 Å². The van der Waals surface area contributed by atoms with E-state index >= 15 is 0 Å². The maximum absolute atomic E-state index is 12.8. The molecular weight excluding hydrogens is 404 g/mol. The molecule has 3 N–H and O–H groups in total. The molecule has 1 amide bonds. The molecule has 0 atom stereocenters. The molecular formula is C24H32N6O2. The third-order valence-corrected chi connectivity index (χ3v) is 6.19. The van der Waals surface area contributed by atoms with Gasteiger partial charge in [-0.25, -0.2) is 4.98 Å². The van der Waals surface area contributed by atoms with Crippen LogP contribution in [0, 0.1) is 6.92 Å². The monoisotopic (exact) mass is 436 g/mol. The Balaban J connectivity index is 1.31. The summed E-state index contributed by atoms with van der Waals surface area (Å²) in [7, 11) is 5.59. The Hall–Kier alpha value is -3.29. The predicted molar refractivity (Wildman–Crippen MR) is 127 cm³/mol. The van der Waals surface area contributed by atoms with E-state index in [0.717, 1.165) is 59.4 Å². The molecule has 0 radical (unpaired) electrons. The van der Waals surface area contributed by atoms with Crippen LogP contribution in [0.4, 0.5) is 11.8 Å². The number of H-pyrrole nitrogens is 1. The Kier molecular flexibility index (Phi) is 6.48. The third kappa shape index (κ3) is 4.95. The highest BCUT2D eigenvalue weighted by molar-refractivity contribution is 5.91. The summed E-state index contributed by atoms with van der Waals surface area (Å²) in [5.74, 6) is 2.40. The number of ether oxygens (including phenoxy) is 1. The lowest BCUT2D eigenvalue weighted by Crippen LogP contribution is -2.41. The van der Waals surface area contributed by atoms with Crippen molar-refractivity contribution in [2.75, 3.05) is 31.4 Å². The minimum atomic E-state index is 0.0650. The van der Waals surface area contributed by atoms with Crippen LogP contribution in [0.3, 0.4) is 0 Å². The largest absolute Gasteiger partial charge is 0.497 e. The fraction of sp³-hybridized carbons (Fsp3) is 0.458. The van der Waals surface area contributed by atoms with Gasteiger partial charge in [-0.1, -0.05) is 0 Å². The van der Waals surface area contributed by atoms with Gasteiger partial charge < -0.3 is 25.3 Å². The standard InChI is InChI=1S/C24H32N6O2/c1-15-19(20-13-18(32-4)9-10-21(20)26-15)14-23(31)27-16-5-7-17(8-6-16)28-24-25-12-11-22(29-24)30(2)3/h9-13,16-17,26H,5-8,14H2,1-4H3,(H,27,31)(H,25,28,29)/t16-,17+. The van der Waals surface area contributed by atoms with Crippen molar-refractivity contribution >= 4 is 28.6 Å². The summed E-state index contributed by atoms with van der Waals surface area (Å²) in [6, 6.07) is 8.33. The number of methoxy groups -OCH3 is 1. The van der Waals surface area contributed by atoms with E-state index in [-0.39, 0.29) is 11.9 Å². The quantitative estimate of drug-likeness (QED) is 0.525. The van der Waals surface area contributed by atoms with Crippen molar-refractivity contribution in [2.24, 2.45) is 0 Å². The van der Waals surface area contributed by atoms with Crippen LogP contribution in [0.15, 0.2) is 30.5 Å². The number of nitrogens with zero attached hydrogens (tertiary/aromatic N) is 3. The van der Waals surface area contributed by atoms with Crippen LogP contribution in [-0.2, 0) is 11.2 Å². The molecule has 3 aromatic rings. The molecule has 2 heterocycles. The van der Waals surface area contributed by atoms with Gasteiger partial charge in [0.2, 0.25) is 11.9 Å². The van der Waals surface area contributed by atoms with E-state index in [2.05, 4.69) is 25.6 Å². The van der Waals surface area contributed by atoms with Crippen molar-refractivity contribution < 1.29 is 9.53 Å². The van der Waals surface area contributed by atoms with Gasteiger partial charge in [0.1, 0.15) is 11.6 Å². The fourth-order valence-corrected chi connectivity index (χ4v) is 4.39. The first kappa shape index (κ1) is 21.9. The number of rotatable bonds is 7. The fourth-order valence-electron chi connectivity index (χ4n) is 4.39. The zero-order valence-corrected chi connectivity index (χ0v) is 19.2. The maximum atomic E-state index is 12.8. The Bertz CT molecular complexity index is 1090. The first-order valence-electron chi connectivity index (χ1n) is 11.1. The highest BCUT2D eigenvalue weighted by atomic mass is 16.5. The summed E-state index contributed by atoms with van der Waals surface area (Å²) < 4.78 is 5.35. The van der Waals surface area contributed by atoms with Gasteiger partial charge >= 0.3 is 0 Å². The SMILES string of the molecule is COc1ccc2[nH]c(C)c(CC(=O)N[C@H]3CC[C@@H](Nc4nccc(N(C)C)n4)CC3)c2c1. The average Bonchev–Trinajstić information content (AvgIpc) is 3.09. The van der Waals surface area contributed by atoms with Gasteiger partial charge in [0, 0.05) is 49.0 Å². The molecule has 8 nitrogen and oxygen atoms in total. The molecule has 0 saturated heterocycles. The number of aromatic amines is 1. The maximum Gasteiger partial charge on any atom is 0.224 e. The van der Waals surface area contributed by atoms with Gasteiger partial charge in [0.15, 0.2) is 0 Å². The number of aromatic nitrogens is 3. The van der Waals surface area contributed by atoms with Gasteiger partial charge in [-0.05, 0) is 62.4 Å². The van der Waals surface area contributed by atoms with Crippen LogP contribution in [0.2, 0.25) is 0 Å². The van der Waals surface area contributed by atoms with Gasteiger partial charge in [-0.3, -0.25) is 4.79 Å². The second-order valence-electron chi connectivity index (χ2n) is 8.71. The van der Waals surface area contributed by atoms with Crippen LogP contribution >= 0.6 is 0 Å². The number of anilines is 2. The van der Waals surface area contributed by atoms with E-state index in [0.29, 0.717) is 18.4 Å². The Morgan fingerprint density at radius 2 is 1.94 bits per heavy atom. The van der Waals surface area contributed by atoms with Crippen molar-refractivity contribution in [1.82, 2.24) is 20.3 Å². The topological polar surface area (TPSA) is 95.2 Å². The van der Waals surface area contributed by atoms with Gasteiger partial charge in [0.25, 0.3) is 0 Å². The van der Waals surface area contributed by atoms with E-state index in [9.17, 15) is 4.79 Å². The minimum absolute atomic E-state index is 0.0650. The van der Waals surface area contributed by atoms with Crippen molar-refractivity contribution in [3.05, 3.63) is 41.7 Å². The highest BCUT2D eigenvalue weighted by Crippen LogP contribution is 2.27. The Labute approximate surface area is 188 Å². The summed E-state index contributed by atoms with van der Waals surface area (Å²) >= 11 is 0. The van der Waals surface area contributed by atoms with Crippen LogP contribution < -0.4 is 20.3 Å². The summed E-state index contributed by atoms with van der Waals surface area (Å²) in [6.45, 7) is 2.01. The molecule has 2 aromatic heterocycles. The molecule has 0 bridgehead atoms. The number of hydrogen-bond donors (Lipinski definition) is 3. The molecule has 170 valence electrons. The highest BCUT2D eigenvalue weighted by Gasteiger charge is 2.24. The van der Waals surface area contributed by atoms with Crippen LogP contribution in [0.5, 0.6) is 5.75 Å². The number of amides is 1. The van der Waals surface area contributed by atoms with Crippen molar-refractivity contribution in [1.29, 1.82) is 0 Å². The summed E-state index contributed by atoms with van der Waals surface area (Å²) in [6.07, 6.45) is 5.98. The van der Waals surface area contributed by atoms with Crippen LogP contribution in [0.25, 0.3) is 10.9 Å². The number of benzene rings is 1. The van der Waals surface area contributed by atoms with E-state index in [1.165, 1.54) is 0 Å². The zero-order valence-electron chi connectivity index (χ0n) is 19.2. The number of hydrogen-bond acceptors (Lipinski definition) is 6. The lowest BCUT2D eigenvalue weighted by atomic mass is 9.91. The van der Waals surface area contributed by atoms with Gasteiger partial charge in [0.05, 0.1) is 13.5 Å². The Morgan fingerprint density at radius 3 is 2.66 bits per heavy atom. The average molecular weight is 437 g/mol. The minimum Gasteiger partial charge on any atom is -0.497 e. The molecule has 0 unspecified atom stereocenters. The lowest BCUT2D eigenvalue weighted by molar-refractivity contribution is -0.121. The molecule has 0 spiro atoms. The first-order chi connectivity index (χ1) is 15.4. The summed E-state index contributed by atoms with van der Waals surface area (Å²) in [5.41, 5.74) is 3.08. The van der Waals surface area contributed by atoms with Crippen molar-refractivity contribution in [3.63, 3.8) is 0 Å². The first-order valence-corrected chi connectivity index (χ1v) is 11.1. The van der Waals surface area contributed by atoms with E-state index in [1.54, 1.807) is 13.3 Å². The molecule has 1 aromatic carbocycles. The smallest absolute Gasteiger partial charge is 0.224 e.